The number of ether oxygens (including phenoxy) is 1. The molecule has 0 saturated carbocycles. The second-order valence-electron chi connectivity index (χ2n) is 7.45. The SMILES string of the molecule is CCc1nc2sc([C@H](c3ccc([N+](=O)[O-])cc3)N3CCC(C(=O)OC)CC3)c(O)n2n1. The minimum Gasteiger partial charge on any atom is -0.492 e. The number of methoxy groups -OCH3 is 1. The van der Waals surface area contributed by atoms with E-state index in [4.69, 9.17) is 4.74 Å². The molecular formula is C20H23N5O5S. The van der Waals surface area contributed by atoms with Gasteiger partial charge in [0, 0.05) is 18.6 Å². The third-order valence-electron chi connectivity index (χ3n) is 5.66. The van der Waals surface area contributed by atoms with Gasteiger partial charge >= 0.3 is 5.97 Å². The quantitative estimate of drug-likeness (QED) is 0.349. The number of rotatable bonds is 6. The van der Waals surface area contributed by atoms with Crippen LogP contribution in [-0.4, -0.2) is 55.7 Å². The van der Waals surface area contributed by atoms with Crippen LogP contribution in [0.2, 0.25) is 0 Å². The summed E-state index contributed by atoms with van der Waals surface area (Å²) >= 11 is 1.35. The number of esters is 1. The number of nitro benzene ring substituents is 1. The summed E-state index contributed by atoms with van der Waals surface area (Å²) in [4.78, 5) is 30.5. The van der Waals surface area contributed by atoms with Gasteiger partial charge in [-0.15, -0.1) is 5.10 Å². The first kappa shape index (κ1) is 21.2. The molecule has 1 saturated heterocycles. The van der Waals surface area contributed by atoms with Gasteiger partial charge in [-0.25, -0.2) is 4.98 Å². The van der Waals surface area contributed by atoms with E-state index in [1.54, 1.807) is 12.1 Å². The molecule has 0 amide bonds. The maximum atomic E-state index is 11.9. The third kappa shape index (κ3) is 3.98. The van der Waals surface area contributed by atoms with Crippen LogP contribution in [0.25, 0.3) is 4.96 Å². The van der Waals surface area contributed by atoms with Crippen LogP contribution in [0.4, 0.5) is 5.69 Å². The summed E-state index contributed by atoms with van der Waals surface area (Å²) in [6, 6.07) is 6.02. The van der Waals surface area contributed by atoms with Gasteiger partial charge in [-0.1, -0.05) is 30.4 Å². The smallest absolute Gasteiger partial charge is 0.308 e. The number of non-ortho nitro benzene ring substituents is 1. The van der Waals surface area contributed by atoms with Crippen molar-refractivity contribution in [2.24, 2.45) is 5.92 Å². The zero-order valence-corrected chi connectivity index (χ0v) is 18.0. The van der Waals surface area contributed by atoms with Crippen molar-refractivity contribution in [3.63, 3.8) is 0 Å². The van der Waals surface area contributed by atoms with Crippen molar-refractivity contribution in [2.45, 2.75) is 32.2 Å². The van der Waals surface area contributed by atoms with Crippen molar-refractivity contribution < 1.29 is 19.6 Å². The number of fused-ring (bicyclic) bond motifs is 1. The molecule has 0 bridgehead atoms. The Hall–Kier alpha value is -3.05. The average Bonchev–Trinajstić information content (AvgIpc) is 3.33. The van der Waals surface area contributed by atoms with Crippen molar-refractivity contribution in [2.75, 3.05) is 20.2 Å². The topological polar surface area (TPSA) is 123 Å². The Morgan fingerprint density at radius 1 is 1.35 bits per heavy atom. The van der Waals surface area contributed by atoms with Gasteiger partial charge in [0.25, 0.3) is 5.69 Å². The fraction of sp³-hybridized carbons (Fsp3) is 0.450. The highest BCUT2D eigenvalue weighted by Crippen LogP contribution is 2.41. The van der Waals surface area contributed by atoms with Crippen molar-refractivity contribution in [1.82, 2.24) is 19.5 Å². The molecule has 10 nitrogen and oxygen atoms in total. The molecule has 4 rings (SSSR count). The summed E-state index contributed by atoms with van der Waals surface area (Å²) in [6.45, 7) is 3.19. The van der Waals surface area contributed by atoms with Crippen molar-refractivity contribution in [3.8, 4) is 5.88 Å². The molecule has 0 aliphatic carbocycles. The van der Waals surface area contributed by atoms with Gasteiger partial charge in [0.2, 0.25) is 10.8 Å². The lowest BCUT2D eigenvalue weighted by Gasteiger charge is -2.36. The number of nitro groups is 1. The van der Waals surface area contributed by atoms with E-state index in [0.717, 1.165) is 5.56 Å². The summed E-state index contributed by atoms with van der Waals surface area (Å²) < 4.78 is 6.32. The summed E-state index contributed by atoms with van der Waals surface area (Å²) in [6.07, 6.45) is 1.94. The number of aromatic nitrogens is 3. The molecule has 31 heavy (non-hydrogen) atoms. The fourth-order valence-electron chi connectivity index (χ4n) is 3.98. The number of thiazole rings is 1. The molecule has 3 heterocycles. The Morgan fingerprint density at radius 2 is 2.03 bits per heavy atom. The molecular weight excluding hydrogens is 422 g/mol. The van der Waals surface area contributed by atoms with E-state index in [0.29, 0.717) is 48.0 Å². The first-order valence-corrected chi connectivity index (χ1v) is 10.9. The van der Waals surface area contributed by atoms with E-state index in [1.807, 2.05) is 6.92 Å². The van der Waals surface area contributed by atoms with Gasteiger partial charge < -0.3 is 9.84 Å². The molecule has 1 fully saturated rings. The van der Waals surface area contributed by atoms with E-state index in [9.17, 15) is 20.0 Å². The van der Waals surface area contributed by atoms with Crippen LogP contribution >= 0.6 is 11.3 Å². The van der Waals surface area contributed by atoms with Crippen LogP contribution in [0.5, 0.6) is 5.88 Å². The highest BCUT2D eigenvalue weighted by atomic mass is 32.1. The second-order valence-corrected chi connectivity index (χ2v) is 8.46. The lowest BCUT2D eigenvalue weighted by molar-refractivity contribution is -0.384. The molecule has 2 aromatic heterocycles. The fourth-order valence-corrected chi connectivity index (χ4v) is 5.12. The molecule has 11 heteroatoms. The molecule has 0 unspecified atom stereocenters. The normalized spacial score (nSPS) is 16.5. The number of carbonyl (C=O) groups is 1. The standard InChI is InChI=1S/C20H23N5O5S/c1-3-15-21-20-24(22-15)18(26)17(31-20)16(12-4-6-14(7-5-12)25(28)29)23-10-8-13(9-11-23)19(27)30-2/h4-7,13,16,26H,3,8-11H2,1-2H3/t16-/m0/s1. The number of likely N-dealkylation sites (tertiary alicyclic amines) is 1. The first-order valence-electron chi connectivity index (χ1n) is 10.1. The van der Waals surface area contributed by atoms with E-state index >= 15 is 0 Å². The van der Waals surface area contributed by atoms with Crippen LogP contribution in [0, 0.1) is 16.0 Å². The van der Waals surface area contributed by atoms with E-state index in [1.165, 1.54) is 35.1 Å². The molecule has 3 aromatic rings. The highest BCUT2D eigenvalue weighted by Gasteiger charge is 2.34. The van der Waals surface area contributed by atoms with Gasteiger partial charge in [-0.2, -0.15) is 4.52 Å². The molecule has 1 aliphatic heterocycles. The van der Waals surface area contributed by atoms with E-state index < -0.39 is 4.92 Å². The second kappa shape index (κ2) is 8.60. The summed E-state index contributed by atoms with van der Waals surface area (Å²) in [5, 5.41) is 26.4. The number of piperidine rings is 1. The van der Waals surface area contributed by atoms with Gasteiger partial charge in [-0.3, -0.25) is 19.8 Å². The van der Waals surface area contributed by atoms with Crippen LogP contribution < -0.4 is 0 Å². The van der Waals surface area contributed by atoms with Crippen molar-refractivity contribution in [3.05, 3.63) is 50.6 Å². The zero-order valence-electron chi connectivity index (χ0n) is 17.2. The molecule has 0 radical (unpaired) electrons. The number of aromatic hydroxyl groups is 1. The van der Waals surface area contributed by atoms with Crippen LogP contribution in [0.15, 0.2) is 24.3 Å². The molecule has 1 aliphatic rings. The van der Waals surface area contributed by atoms with Crippen molar-refractivity contribution >= 4 is 28.0 Å². The molecule has 1 atom stereocenters. The largest absolute Gasteiger partial charge is 0.492 e. The Bertz CT molecular complexity index is 1100. The van der Waals surface area contributed by atoms with Crippen LogP contribution in [-0.2, 0) is 16.0 Å². The Kier molecular flexibility index (Phi) is 5.88. The lowest BCUT2D eigenvalue weighted by Crippen LogP contribution is -2.39. The minimum absolute atomic E-state index is 0.00589. The van der Waals surface area contributed by atoms with Crippen LogP contribution in [0.3, 0.4) is 0 Å². The Labute approximate surface area is 182 Å². The molecule has 164 valence electrons. The third-order valence-corrected chi connectivity index (χ3v) is 6.73. The summed E-state index contributed by atoms with van der Waals surface area (Å²) in [7, 11) is 1.39. The minimum atomic E-state index is -0.437. The monoisotopic (exact) mass is 445 g/mol. The molecule has 0 spiro atoms. The summed E-state index contributed by atoms with van der Waals surface area (Å²) in [5.41, 5.74) is 0.823. The van der Waals surface area contributed by atoms with Gasteiger partial charge in [0.05, 0.1) is 28.9 Å². The first-order chi connectivity index (χ1) is 14.9. The van der Waals surface area contributed by atoms with Crippen LogP contribution in [0.1, 0.15) is 42.1 Å². The van der Waals surface area contributed by atoms with Gasteiger partial charge in [0.1, 0.15) is 0 Å². The molecule has 1 aromatic carbocycles. The highest BCUT2D eigenvalue weighted by molar-refractivity contribution is 7.17. The van der Waals surface area contributed by atoms with E-state index in [-0.39, 0.29) is 29.5 Å². The lowest BCUT2D eigenvalue weighted by atomic mass is 9.93. The predicted molar refractivity (Wildman–Crippen MR) is 113 cm³/mol. The zero-order chi connectivity index (χ0) is 22.1. The molecule has 1 N–H and O–H groups in total. The number of aryl methyl sites for hydroxylation is 1. The predicted octanol–water partition coefficient (Wildman–Crippen LogP) is 2.94. The van der Waals surface area contributed by atoms with Crippen molar-refractivity contribution in [1.29, 1.82) is 0 Å². The summed E-state index contributed by atoms with van der Waals surface area (Å²) in [5.74, 6) is 0.312. The maximum Gasteiger partial charge on any atom is 0.308 e. The number of hydrogen-bond donors (Lipinski definition) is 1. The Balaban J connectivity index is 1.71. The number of hydrogen-bond acceptors (Lipinski definition) is 9. The number of benzene rings is 1. The average molecular weight is 446 g/mol. The number of nitrogens with zero attached hydrogens (tertiary/aromatic N) is 5. The van der Waals surface area contributed by atoms with Gasteiger partial charge in [0.15, 0.2) is 5.82 Å². The van der Waals surface area contributed by atoms with E-state index in [2.05, 4.69) is 15.0 Å². The number of carbonyl (C=O) groups excluding carboxylic acids is 1. The van der Waals surface area contributed by atoms with Gasteiger partial charge in [-0.05, 0) is 31.5 Å². The maximum absolute atomic E-state index is 11.9. The Morgan fingerprint density at radius 3 is 2.58 bits per heavy atom.